The predicted octanol–water partition coefficient (Wildman–Crippen LogP) is 3.60. The minimum atomic E-state index is -6.32. The van der Waals surface area contributed by atoms with Gasteiger partial charge in [0.15, 0.2) is 0 Å². The molecule has 18 heavy (non-hydrogen) atoms. The van der Waals surface area contributed by atoms with E-state index in [0.29, 0.717) is 4.90 Å². The van der Waals surface area contributed by atoms with E-state index < -0.39 is 24.6 Å². The molecule has 0 atom stereocenters. The second-order valence-electron chi connectivity index (χ2n) is 3.43. The van der Waals surface area contributed by atoms with Crippen LogP contribution in [0.15, 0.2) is 0 Å². The minimum absolute atomic E-state index is 0.190. The lowest BCUT2D eigenvalue weighted by molar-refractivity contribution is -0.356. The molecule has 0 heterocycles. The summed E-state index contributed by atoms with van der Waals surface area (Å²) < 4.78 is 86.7. The zero-order chi connectivity index (χ0) is 14.6. The highest BCUT2D eigenvalue weighted by atomic mass is 35.5. The van der Waals surface area contributed by atoms with Crippen molar-refractivity contribution in [2.45, 2.75) is 18.0 Å². The van der Waals surface area contributed by atoms with Crippen LogP contribution in [0.25, 0.3) is 0 Å². The molecule has 0 aliphatic rings. The van der Waals surface area contributed by atoms with Gasteiger partial charge in [0.25, 0.3) is 0 Å². The molecule has 10 heteroatoms. The lowest BCUT2D eigenvalue weighted by Gasteiger charge is -2.32. The van der Waals surface area contributed by atoms with Crippen LogP contribution in [0.1, 0.15) is 0 Å². The molecule has 110 valence electrons. The minimum Gasteiger partial charge on any atom is -0.295 e. The number of hydrogen-bond acceptors (Lipinski definition) is 1. The number of halogens is 9. The molecule has 0 fully saturated rings. The SMILES string of the molecule is FC(F)(F)C(F)(F)C(F)(F)CN(CCCl)CCCl. The summed E-state index contributed by atoms with van der Waals surface area (Å²) in [6.45, 7) is -2.30. The number of rotatable bonds is 7. The van der Waals surface area contributed by atoms with Gasteiger partial charge in [-0.25, -0.2) is 0 Å². The highest BCUT2D eigenvalue weighted by Gasteiger charge is 2.72. The smallest absolute Gasteiger partial charge is 0.295 e. The third-order valence-corrected chi connectivity index (χ3v) is 2.38. The Morgan fingerprint density at radius 2 is 1.17 bits per heavy atom. The second kappa shape index (κ2) is 6.47. The van der Waals surface area contributed by atoms with Gasteiger partial charge in [0.2, 0.25) is 0 Å². The van der Waals surface area contributed by atoms with E-state index in [2.05, 4.69) is 0 Å². The molecule has 0 radical (unpaired) electrons. The molecule has 0 unspecified atom stereocenters. The number of hydrogen-bond donors (Lipinski definition) is 0. The van der Waals surface area contributed by atoms with Crippen molar-refractivity contribution in [1.82, 2.24) is 4.90 Å². The fourth-order valence-electron chi connectivity index (χ4n) is 1.10. The number of alkyl halides is 9. The summed E-state index contributed by atoms with van der Waals surface area (Å²) in [5.41, 5.74) is 0. The first kappa shape index (κ1) is 18.0. The van der Waals surface area contributed by atoms with Gasteiger partial charge >= 0.3 is 18.0 Å². The van der Waals surface area contributed by atoms with Gasteiger partial charge in [-0.1, -0.05) is 0 Å². The Kier molecular flexibility index (Phi) is 6.49. The Morgan fingerprint density at radius 3 is 1.44 bits per heavy atom. The van der Waals surface area contributed by atoms with Crippen molar-refractivity contribution in [2.75, 3.05) is 31.4 Å². The van der Waals surface area contributed by atoms with Crippen molar-refractivity contribution >= 4 is 23.2 Å². The van der Waals surface area contributed by atoms with Crippen LogP contribution in [-0.4, -0.2) is 54.3 Å². The third-order valence-electron chi connectivity index (χ3n) is 2.04. The van der Waals surface area contributed by atoms with Crippen LogP contribution in [-0.2, 0) is 0 Å². The van der Waals surface area contributed by atoms with E-state index in [-0.39, 0.29) is 24.8 Å². The molecule has 0 saturated carbocycles. The Bertz CT molecular complexity index is 250. The summed E-state index contributed by atoms with van der Waals surface area (Å²) in [5, 5.41) is 0. The molecule has 0 aliphatic carbocycles. The summed E-state index contributed by atoms with van der Waals surface area (Å²) in [7, 11) is 0. The first-order chi connectivity index (χ1) is 7.99. The van der Waals surface area contributed by atoms with Gasteiger partial charge in [-0.15, -0.1) is 23.2 Å². The Balaban J connectivity index is 4.90. The van der Waals surface area contributed by atoms with Gasteiger partial charge in [0.05, 0.1) is 6.54 Å². The summed E-state index contributed by atoms with van der Waals surface area (Å²) in [4.78, 5) is 0.652. The summed E-state index contributed by atoms with van der Waals surface area (Å²) in [5.74, 6) is -11.7. The summed E-state index contributed by atoms with van der Waals surface area (Å²) in [6, 6.07) is 0. The van der Waals surface area contributed by atoms with Gasteiger partial charge < -0.3 is 0 Å². The molecule has 0 aromatic heterocycles. The van der Waals surface area contributed by atoms with Crippen molar-refractivity contribution in [1.29, 1.82) is 0 Å². The maximum atomic E-state index is 13.0. The molecule has 0 bridgehead atoms. The van der Waals surface area contributed by atoms with E-state index in [4.69, 9.17) is 23.2 Å². The van der Waals surface area contributed by atoms with Crippen LogP contribution >= 0.6 is 23.2 Å². The normalized spacial score (nSPS) is 14.3. The van der Waals surface area contributed by atoms with Crippen LogP contribution in [0.4, 0.5) is 30.7 Å². The molecule has 0 N–H and O–H groups in total. The standard InChI is InChI=1S/C8H10Cl2F7N/c9-1-3-18(4-2-10)5-6(11,12)7(13,14)8(15,16)17/h1-5H2. The average molecular weight is 324 g/mol. The van der Waals surface area contributed by atoms with Crippen molar-refractivity contribution in [3.05, 3.63) is 0 Å². The maximum Gasteiger partial charge on any atom is 0.459 e. The fourth-order valence-corrected chi connectivity index (χ4v) is 1.57. The first-order valence-corrected chi connectivity index (χ1v) is 5.73. The average Bonchev–Trinajstić information content (AvgIpc) is 2.15. The van der Waals surface area contributed by atoms with Crippen LogP contribution in [0.2, 0.25) is 0 Å². The molecule has 0 aliphatic heterocycles. The highest BCUT2D eigenvalue weighted by molar-refractivity contribution is 6.18. The van der Waals surface area contributed by atoms with Crippen molar-refractivity contribution in [2.24, 2.45) is 0 Å². The Labute approximate surface area is 109 Å². The summed E-state index contributed by atoms with van der Waals surface area (Å²) >= 11 is 10.5. The van der Waals surface area contributed by atoms with Crippen LogP contribution < -0.4 is 0 Å². The molecule has 0 aromatic rings. The van der Waals surface area contributed by atoms with Crippen LogP contribution in [0, 0.1) is 0 Å². The first-order valence-electron chi connectivity index (χ1n) is 4.66. The summed E-state index contributed by atoms with van der Waals surface area (Å²) in [6.07, 6.45) is -6.32. The van der Waals surface area contributed by atoms with E-state index in [1.807, 2.05) is 0 Å². The van der Waals surface area contributed by atoms with E-state index in [1.54, 1.807) is 0 Å². The molecule has 0 spiro atoms. The zero-order valence-electron chi connectivity index (χ0n) is 8.88. The van der Waals surface area contributed by atoms with E-state index in [9.17, 15) is 30.7 Å². The van der Waals surface area contributed by atoms with Gasteiger partial charge in [-0.05, 0) is 0 Å². The molecular weight excluding hydrogens is 314 g/mol. The quantitative estimate of drug-likeness (QED) is 0.511. The molecule has 0 amide bonds. The van der Waals surface area contributed by atoms with Crippen molar-refractivity contribution in [3.8, 4) is 0 Å². The lowest BCUT2D eigenvalue weighted by atomic mass is 10.1. The van der Waals surface area contributed by atoms with Crippen LogP contribution in [0.3, 0.4) is 0 Å². The molecule has 1 nitrogen and oxygen atoms in total. The molecule has 0 saturated heterocycles. The predicted molar refractivity (Wildman–Crippen MR) is 53.8 cm³/mol. The van der Waals surface area contributed by atoms with E-state index >= 15 is 0 Å². The fraction of sp³-hybridized carbons (Fsp3) is 1.00. The zero-order valence-corrected chi connectivity index (χ0v) is 10.4. The topological polar surface area (TPSA) is 3.24 Å². The monoisotopic (exact) mass is 323 g/mol. The van der Waals surface area contributed by atoms with E-state index in [0.717, 1.165) is 0 Å². The maximum absolute atomic E-state index is 13.0. The third kappa shape index (κ3) is 4.31. The van der Waals surface area contributed by atoms with Gasteiger partial charge in [0, 0.05) is 24.8 Å². The lowest BCUT2D eigenvalue weighted by Crippen LogP contribution is -2.57. The van der Waals surface area contributed by atoms with Gasteiger partial charge in [-0.2, -0.15) is 30.7 Å². The Morgan fingerprint density at radius 1 is 0.778 bits per heavy atom. The van der Waals surface area contributed by atoms with E-state index in [1.165, 1.54) is 0 Å². The number of nitrogens with zero attached hydrogens (tertiary/aromatic N) is 1. The van der Waals surface area contributed by atoms with Crippen LogP contribution in [0.5, 0.6) is 0 Å². The van der Waals surface area contributed by atoms with Gasteiger partial charge in [-0.3, -0.25) is 4.90 Å². The largest absolute Gasteiger partial charge is 0.459 e. The molecule has 0 rings (SSSR count). The Hall–Kier alpha value is 0.0500. The van der Waals surface area contributed by atoms with Crippen molar-refractivity contribution < 1.29 is 30.7 Å². The molecular formula is C8H10Cl2F7N. The van der Waals surface area contributed by atoms with Crippen molar-refractivity contribution in [3.63, 3.8) is 0 Å². The second-order valence-corrected chi connectivity index (χ2v) is 4.19. The molecule has 0 aromatic carbocycles. The van der Waals surface area contributed by atoms with Gasteiger partial charge in [0.1, 0.15) is 0 Å². The highest BCUT2D eigenvalue weighted by Crippen LogP contribution is 2.46.